The molecule has 6 heteroatoms. The van der Waals surface area contributed by atoms with Gasteiger partial charge >= 0.3 is 0 Å². The molecule has 0 aliphatic heterocycles. The van der Waals surface area contributed by atoms with Gasteiger partial charge in [-0.2, -0.15) is 10.2 Å². The van der Waals surface area contributed by atoms with Crippen molar-refractivity contribution in [2.24, 2.45) is 24.0 Å². The smallest absolute Gasteiger partial charge is 0.267 e. The Morgan fingerprint density at radius 1 is 1.35 bits per heavy atom. The lowest BCUT2D eigenvalue weighted by Crippen LogP contribution is -2.36. The molecule has 23 heavy (non-hydrogen) atoms. The van der Waals surface area contributed by atoms with Crippen LogP contribution in [0.4, 0.5) is 0 Å². The minimum Gasteiger partial charge on any atom is -0.267 e. The second-order valence-electron chi connectivity index (χ2n) is 6.01. The molecular formula is C17H16N4O2. The van der Waals surface area contributed by atoms with Gasteiger partial charge < -0.3 is 0 Å². The monoisotopic (exact) mass is 308 g/mol. The summed E-state index contributed by atoms with van der Waals surface area (Å²) in [5, 5.41) is 9.38. The molecular weight excluding hydrogens is 292 g/mol. The third kappa shape index (κ3) is 2.18. The molecule has 2 atom stereocenters. The number of benzene rings is 1. The van der Waals surface area contributed by atoms with Gasteiger partial charge in [-0.15, -0.1) is 0 Å². The third-order valence-corrected chi connectivity index (χ3v) is 4.64. The number of fused-ring (bicyclic) bond motifs is 2. The Labute approximate surface area is 132 Å². The van der Waals surface area contributed by atoms with Crippen molar-refractivity contribution >= 4 is 22.4 Å². The van der Waals surface area contributed by atoms with E-state index in [9.17, 15) is 9.59 Å². The number of carbonyl (C=O) groups is 1. The number of nitrogens with one attached hydrogen (secondary N) is 1. The van der Waals surface area contributed by atoms with Gasteiger partial charge in [-0.25, -0.2) is 10.1 Å². The van der Waals surface area contributed by atoms with E-state index in [0.717, 1.165) is 18.6 Å². The van der Waals surface area contributed by atoms with Crippen LogP contribution in [0.3, 0.4) is 0 Å². The minimum atomic E-state index is -0.390. The van der Waals surface area contributed by atoms with Gasteiger partial charge in [0.15, 0.2) is 5.69 Å². The van der Waals surface area contributed by atoms with Crippen molar-refractivity contribution in [2.75, 3.05) is 0 Å². The van der Waals surface area contributed by atoms with Crippen LogP contribution in [-0.4, -0.2) is 21.4 Å². The lowest BCUT2D eigenvalue weighted by atomic mass is 9.74. The Bertz CT molecular complexity index is 926. The van der Waals surface area contributed by atoms with E-state index in [1.165, 1.54) is 11.7 Å². The van der Waals surface area contributed by atoms with E-state index in [1.54, 1.807) is 24.3 Å². The first-order valence-electron chi connectivity index (χ1n) is 7.64. The summed E-state index contributed by atoms with van der Waals surface area (Å²) < 4.78 is 1.19. The van der Waals surface area contributed by atoms with Gasteiger partial charge in [-0.1, -0.05) is 30.4 Å². The molecule has 0 bridgehead atoms. The molecule has 116 valence electrons. The van der Waals surface area contributed by atoms with Crippen LogP contribution in [0.25, 0.3) is 10.8 Å². The Morgan fingerprint density at radius 2 is 2.13 bits per heavy atom. The van der Waals surface area contributed by atoms with Crippen LogP contribution in [0.1, 0.15) is 23.3 Å². The van der Waals surface area contributed by atoms with Gasteiger partial charge in [-0.3, -0.25) is 9.59 Å². The van der Waals surface area contributed by atoms with Gasteiger partial charge in [0, 0.05) is 24.1 Å². The summed E-state index contributed by atoms with van der Waals surface area (Å²) >= 11 is 0. The molecule has 1 saturated carbocycles. The number of allylic oxidation sites excluding steroid dienone is 2. The quantitative estimate of drug-likeness (QED) is 0.676. The molecule has 1 amide bonds. The number of nitrogens with zero attached hydrogens (tertiary/aromatic N) is 3. The third-order valence-electron chi connectivity index (χ3n) is 4.64. The Kier molecular flexibility index (Phi) is 3.11. The van der Waals surface area contributed by atoms with Crippen molar-refractivity contribution in [3.8, 4) is 0 Å². The summed E-state index contributed by atoms with van der Waals surface area (Å²) in [4.78, 5) is 24.5. The van der Waals surface area contributed by atoms with E-state index in [4.69, 9.17) is 0 Å². The van der Waals surface area contributed by atoms with Crippen molar-refractivity contribution < 1.29 is 4.79 Å². The van der Waals surface area contributed by atoms with Gasteiger partial charge in [0.1, 0.15) is 0 Å². The fourth-order valence-electron chi connectivity index (χ4n) is 3.31. The highest BCUT2D eigenvalue weighted by Gasteiger charge is 2.38. The molecule has 0 radical (unpaired) electrons. The average molecular weight is 308 g/mol. The maximum atomic E-state index is 12.4. The average Bonchev–Trinajstić information content (AvgIpc) is 2.92. The summed E-state index contributed by atoms with van der Waals surface area (Å²) in [5.41, 5.74) is 3.62. The lowest BCUT2D eigenvalue weighted by molar-refractivity contribution is 0.0948. The fraction of sp³-hybridized carbons (Fsp3) is 0.294. The van der Waals surface area contributed by atoms with Crippen LogP contribution < -0.4 is 11.0 Å². The van der Waals surface area contributed by atoms with Gasteiger partial charge in [-0.05, 0) is 24.8 Å². The van der Waals surface area contributed by atoms with E-state index in [-0.39, 0.29) is 11.3 Å². The van der Waals surface area contributed by atoms with Crippen LogP contribution in [0, 0.1) is 11.8 Å². The van der Waals surface area contributed by atoms with Crippen molar-refractivity contribution in [1.29, 1.82) is 0 Å². The zero-order chi connectivity index (χ0) is 16.0. The van der Waals surface area contributed by atoms with Crippen LogP contribution in [0.15, 0.2) is 46.3 Å². The summed E-state index contributed by atoms with van der Waals surface area (Å²) in [5.74, 6) is 0.640. The molecule has 0 spiro atoms. The molecule has 4 rings (SSSR count). The van der Waals surface area contributed by atoms with Crippen molar-refractivity contribution in [3.63, 3.8) is 0 Å². The van der Waals surface area contributed by atoms with Crippen molar-refractivity contribution in [1.82, 2.24) is 15.2 Å². The predicted molar refractivity (Wildman–Crippen MR) is 87.2 cm³/mol. The maximum Gasteiger partial charge on any atom is 0.292 e. The number of aryl methyl sites for hydroxylation is 1. The van der Waals surface area contributed by atoms with Gasteiger partial charge in [0.25, 0.3) is 11.5 Å². The summed E-state index contributed by atoms with van der Waals surface area (Å²) in [6.45, 7) is 0. The van der Waals surface area contributed by atoms with Crippen molar-refractivity contribution in [2.45, 2.75) is 12.8 Å². The largest absolute Gasteiger partial charge is 0.292 e. The molecule has 2 aliphatic rings. The highest BCUT2D eigenvalue weighted by molar-refractivity contribution is 6.05. The number of carbonyl (C=O) groups excluding carboxylic acids is 1. The summed E-state index contributed by atoms with van der Waals surface area (Å²) in [7, 11) is 1.54. The molecule has 1 aromatic carbocycles. The molecule has 0 unspecified atom stereocenters. The zero-order valence-corrected chi connectivity index (χ0v) is 12.7. The van der Waals surface area contributed by atoms with Gasteiger partial charge in [0.2, 0.25) is 0 Å². The van der Waals surface area contributed by atoms with E-state index in [2.05, 4.69) is 27.8 Å². The Morgan fingerprint density at radius 3 is 2.91 bits per heavy atom. The van der Waals surface area contributed by atoms with E-state index in [1.807, 2.05) is 0 Å². The van der Waals surface area contributed by atoms with E-state index in [0.29, 0.717) is 22.6 Å². The highest BCUT2D eigenvalue weighted by atomic mass is 16.2. The first-order valence-corrected chi connectivity index (χ1v) is 7.64. The van der Waals surface area contributed by atoms with Crippen LogP contribution >= 0.6 is 0 Å². The predicted octanol–water partition coefficient (Wildman–Crippen LogP) is 1.62. The number of hydrogen-bond acceptors (Lipinski definition) is 4. The lowest BCUT2D eigenvalue weighted by Gasteiger charge is -2.31. The fourth-order valence-corrected chi connectivity index (χ4v) is 3.31. The van der Waals surface area contributed by atoms with Crippen LogP contribution in [0.5, 0.6) is 0 Å². The Balaban J connectivity index is 1.64. The molecule has 1 fully saturated rings. The maximum absolute atomic E-state index is 12.4. The second kappa shape index (κ2) is 5.15. The van der Waals surface area contributed by atoms with Crippen molar-refractivity contribution in [3.05, 3.63) is 52.5 Å². The molecule has 6 nitrogen and oxygen atoms in total. The van der Waals surface area contributed by atoms with Crippen LogP contribution in [-0.2, 0) is 7.05 Å². The normalized spacial score (nSPS) is 23.8. The van der Waals surface area contributed by atoms with Gasteiger partial charge in [0.05, 0.1) is 5.39 Å². The zero-order valence-electron chi connectivity index (χ0n) is 12.7. The number of rotatable bonds is 2. The summed E-state index contributed by atoms with van der Waals surface area (Å²) in [6.07, 6.45) is 6.29. The molecule has 1 heterocycles. The van der Waals surface area contributed by atoms with E-state index < -0.39 is 5.91 Å². The molecule has 1 aromatic heterocycles. The molecule has 1 N–H and O–H groups in total. The van der Waals surface area contributed by atoms with E-state index >= 15 is 0 Å². The molecule has 2 aromatic rings. The first-order chi connectivity index (χ1) is 11.1. The summed E-state index contributed by atoms with van der Waals surface area (Å²) in [6, 6.07) is 6.98. The minimum absolute atomic E-state index is 0.215. The number of hydrazone groups is 1. The number of amides is 1. The second-order valence-corrected chi connectivity index (χ2v) is 6.01. The highest BCUT2D eigenvalue weighted by Crippen LogP contribution is 2.40. The van der Waals surface area contributed by atoms with Crippen LogP contribution in [0.2, 0.25) is 0 Å². The number of aromatic nitrogens is 2. The molecule has 0 saturated heterocycles. The molecule has 2 aliphatic carbocycles. The standard InChI is InChI=1S/C17H16N4O2/c1-21-17(23)13-7-3-2-6-12(13)15(20-21)16(22)19-18-14-9-10-5-4-8-11(10)14/h2-7,10-11H,8-9H2,1H3,(H,19,22)/b18-14+/t10-,11+/m1/s1. The first kappa shape index (κ1) is 13.9. The topological polar surface area (TPSA) is 76.3 Å². The number of hydrogen-bond donors (Lipinski definition) is 1. The SMILES string of the molecule is Cn1nc(C(=O)N/N=C2\C[C@H]3C=CC[C@H]23)c2ccccc2c1=O. The Hall–Kier alpha value is -2.76.